The predicted octanol–water partition coefficient (Wildman–Crippen LogP) is 4.02. The van der Waals surface area contributed by atoms with E-state index in [0.29, 0.717) is 19.3 Å². The second-order valence-corrected chi connectivity index (χ2v) is 13.8. The van der Waals surface area contributed by atoms with Gasteiger partial charge in [0.1, 0.15) is 24.3 Å². The van der Waals surface area contributed by atoms with Gasteiger partial charge in [-0.3, -0.25) is 43.3 Å². The SMILES string of the molecule is C#C.C=C/C=C(/C)C=C.CC.CCC.CCCC(NC(=O)[C@@H]1CCCN1C(=O)CNC(=O)C(NC(=O)c1cnccn1)C(C)C)C(=O)C(=O)NCC(=O)O.O=CN1CCCCC1. The van der Waals surface area contributed by atoms with Gasteiger partial charge in [0.15, 0.2) is 0 Å². The van der Waals surface area contributed by atoms with E-state index in [2.05, 4.69) is 65.8 Å². The van der Waals surface area contributed by atoms with E-state index in [4.69, 9.17) is 5.11 Å². The van der Waals surface area contributed by atoms with Gasteiger partial charge in [0.25, 0.3) is 11.8 Å². The standard InChI is InChI=1S/C25H35N7O8.C7H10.C6H11NO.C3H8.C2H6.C2H2/c1-4-6-15(21(36)25(40)29-13-19(34)35)30-23(38)17-7-5-10-32(17)18(33)12-28-24(39)20(14(2)3)31-22(37)16-11-26-8-9-27-16;1-4-6-7(3)5-2;8-6-7-4-2-1-3-5-7;1-3-2;2*1-2/h8-9,11,14-15,17,20H,4-7,10,12-13H2,1-3H3,(H,28,39)(H,29,40)(H,30,38)(H,31,37)(H,34,35);4-6H,1-2H2,3H3;6H,1-5H2;3H2,1-2H3;1-2H3;1-2H/b;7-6-;;;;/t15?,17-,20?;;;;;/m0...../s1. The zero-order valence-corrected chi connectivity index (χ0v) is 38.1. The summed E-state index contributed by atoms with van der Waals surface area (Å²) in [5.74, 6) is -6.12. The monoisotopic (exact) mass is 869 g/mol. The fourth-order valence-corrected chi connectivity index (χ4v) is 5.38. The molecule has 17 heteroatoms. The van der Waals surface area contributed by atoms with Crippen molar-refractivity contribution in [1.82, 2.24) is 41.0 Å². The van der Waals surface area contributed by atoms with Crippen LogP contribution < -0.4 is 21.3 Å². The highest BCUT2D eigenvalue weighted by Crippen LogP contribution is 2.18. The number of piperidine rings is 1. The molecule has 346 valence electrons. The Bertz CT molecular complexity index is 1580. The smallest absolute Gasteiger partial charge is 0.322 e. The summed E-state index contributed by atoms with van der Waals surface area (Å²) < 4.78 is 0. The molecule has 2 fully saturated rings. The molecule has 0 radical (unpaired) electrons. The van der Waals surface area contributed by atoms with Crippen molar-refractivity contribution in [3.05, 3.63) is 61.2 Å². The molecule has 1 aromatic heterocycles. The lowest BCUT2D eigenvalue weighted by atomic mass is 10.0. The number of nitrogens with one attached hydrogen (secondary N) is 4. The lowest BCUT2D eigenvalue weighted by molar-refractivity contribution is -0.143. The van der Waals surface area contributed by atoms with E-state index in [9.17, 15) is 38.4 Å². The third-order valence-electron chi connectivity index (χ3n) is 8.40. The number of hydrogen-bond acceptors (Lipinski definition) is 10. The van der Waals surface area contributed by atoms with E-state index in [-0.39, 0.29) is 24.6 Å². The number of amides is 6. The number of carboxylic acids is 1. The lowest BCUT2D eigenvalue weighted by Crippen LogP contribution is -2.55. The normalized spacial score (nSPS) is 14.6. The Morgan fingerprint density at radius 3 is 1.98 bits per heavy atom. The Balaban J connectivity index is -0.00000129. The average molecular weight is 869 g/mol. The van der Waals surface area contributed by atoms with Crippen LogP contribution in [0.3, 0.4) is 0 Å². The molecule has 0 aromatic carbocycles. The van der Waals surface area contributed by atoms with Gasteiger partial charge in [0, 0.05) is 32.0 Å². The van der Waals surface area contributed by atoms with Gasteiger partial charge in [-0.1, -0.05) is 98.3 Å². The Morgan fingerprint density at radius 1 is 0.919 bits per heavy atom. The quantitative estimate of drug-likeness (QED) is 0.0649. The van der Waals surface area contributed by atoms with Gasteiger partial charge < -0.3 is 36.2 Å². The summed E-state index contributed by atoms with van der Waals surface area (Å²) >= 11 is 0. The molecule has 0 aliphatic carbocycles. The number of ketones is 1. The molecule has 17 nitrogen and oxygen atoms in total. The summed E-state index contributed by atoms with van der Waals surface area (Å²) in [7, 11) is 0. The van der Waals surface area contributed by atoms with E-state index in [1.54, 1.807) is 32.9 Å². The first-order chi connectivity index (χ1) is 29.6. The highest BCUT2D eigenvalue weighted by Gasteiger charge is 2.37. The average Bonchev–Trinajstić information content (AvgIpc) is 3.79. The molecule has 0 bridgehead atoms. The van der Waals surface area contributed by atoms with Gasteiger partial charge in [-0.2, -0.15) is 0 Å². The minimum absolute atomic E-state index is 0.0298. The van der Waals surface area contributed by atoms with Crippen molar-refractivity contribution < 1.29 is 43.5 Å². The third kappa shape index (κ3) is 26.1. The van der Waals surface area contributed by atoms with Gasteiger partial charge in [0.05, 0.1) is 18.8 Å². The molecule has 2 unspecified atom stereocenters. The summed E-state index contributed by atoms with van der Waals surface area (Å²) in [5, 5.41) is 18.3. The number of Topliss-reactive ketones (excluding diaryl/α,β-unsaturated/α-hetero) is 1. The van der Waals surface area contributed by atoms with Crippen molar-refractivity contribution in [3.8, 4) is 12.8 Å². The Hall–Kier alpha value is -6.18. The van der Waals surface area contributed by atoms with Crippen LogP contribution in [0.1, 0.15) is 117 Å². The Morgan fingerprint density at radius 2 is 1.53 bits per heavy atom. The number of terminal acetylenes is 1. The van der Waals surface area contributed by atoms with Gasteiger partial charge in [-0.05, 0) is 51.4 Å². The van der Waals surface area contributed by atoms with E-state index in [0.717, 1.165) is 25.1 Å². The van der Waals surface area contributed by atoms with Crippen LogP contribution in [0.15, 0.2) is 55.5 Å². The first kappa shape index (κ1) is 60.1. The third-order valence-corrected chi connectivity index (χ3v) is 8.40. The van der Waals surface area contributed by atoms with E-state index < -0.39 is 72.5 Å². The fourth-order valence-electron chi connectivity index (χ4n) is 5.38. The van der Waals surface area contributed by atoms with Gasteiger partial charge in [0.2, 0.25) is 29.9 Å². The van der Waals surface area contributed by atoms with Crippen molar-refractivity contribution in [1.29, 1.82) is 0 Å². The zero-order valence-electron chi connectivity index (χ0n) is 38.1. The summed E-state index contributed by atoms with van der Waals surface area (Å²) in [6.45, 7) is 23.5. The number of allylic oxidation sites excluding steroid dienone is 4. The first-order valence-corrected chi connectivity index (χ1v) is 21.0. The van der Waals surface area contributed by atoms with Crippen molar-refractivity contribution in [2.75, 3.05) is 32.7 Å². The summed E-state index contributed by atoms with van der Waals surface area (Å²) in [6, 6.07) is -3.07. The van der Waals surface area contributed by atoms with Crippen LogP contribution in [-0.4, -0.2) is 123 Å². The van der Waals surface area contributed by atoms with Crippen LogP contribution in [0.5, 0.6) is 0 Å². The molecule has 3 heterocycles. The topological polar surface area (TPSA) is 237 Å². The molecule has 3 rings (SSSR count). The maximum absolute atomic E-state index is 13.0. The molecule has 62 heavy (non-hydrogen) atoms. The molecule has 1 aromatic rings. The zero-order chi connectivity index (χ0) is 48.0. The minimum atomic E-state index is -1.32. The molecular weight excluding hydrogens is 797 g/mol. The summed E-state index contributed by atoms with van der Waals surface area (Å²) in [4.78, 5) is 107. The van der Waals surface area contributed by atoms with Gasteiger partial charge in [-0.25, -0.2) is 4.98 Å². The Labute approximate surface area is 369 Å². The largest absolute Gasteiger partial charge is 0.480 e. The second kappa shape index (κ2) is 37.8. The van der Waals surface area contributed by atoms with Crippen LogP contribution in [0.2, 0.25) is 0 Å². The lowest BCUT2D eigenvalue weighted by Gasteiger charge is -2.27. The number of rotatable bonds is 17. The van der Waals surface area contributed by atoms with E-state index in [1.165, 1.54) is 49.2 Å². The molecule has 2 aliphatic rings. The second-order valence-electron chi connectivity index (χ2n) is 13.8. The first-order valence-electron chi connectivity index (χ1n) is 21.0. The summed E-state index contributed by atoms with van der Waals surface area (Å²) in [6.07, 6.45) is 24.7. The van der Waals surface area contributed by atoms with Gasteiger partial charge in [-0.15, -0.1) is 12.8 Å². The van der Waals surface area contributed by atoms with Crippen LogP contribution >= 0.6 is 0 Å². The van der Waals surface area contributed by atoms with Crippen molar-refractivity contribution in [3.63, 3.8) is 0 Å². The molecule has 0 spiro atoms. The number of carboxylic acid groups (broad SMARTS) is 1. The molecule has 5 N–H and O–H groups in total. The number of carbonyl (C=O) groups excluding carboxylic acids is 7. The summed E-state index contributed by atoms with van der Waals surface area (Å²) in [5.41, 5.74) is 1.18. The van der Waals surface area contributed by atoms with Crippen LogP contribution in [0.4, 0.5) is 0 Å². The van der Waals surface area contributed by atoms with Crippen molar-refractivity contribution in [2.45, 2.75) is 125 Å². The van der Waals surface area contributed by atoms with E-state index in [1.807, 2.05) is 37.1 Å². The number of hydrogen-bond donors (Lipinski definition) is 5. The van der Waals surface area contributed by atoms with Crippen LogP contribution in [0.25, 0.3) is 0 Å². The number of carbonyl (C=O) groups is 8. The molecule has 2 saturated heterocycles. The maximum atomic E-state index is 13.0. The van der Waals surface area contributed by atoms with Crippen molar-refractivity contribution >= 4 is 47.7 Å². The number of aromatic nitrogens is 2. The molecular formula is C45H72N8O9. The maximum Gasteiger partial charge on any atom is 0.322 e. The predicted molar refractivity (Wildman–Crippen MR) is 241 cm³/mol. The van der Waals surface area contributed by atoms with Crippen molar-refractivity contribution in [2.24, 2.45) is 5.92 Å². The minimum Gasteiger partial charge on any atom is -0.480 e. The Kier molecular flexibility index (Phi) is 36.7. The molecule has 0 saturated carbocycles. The number of nitrogens with zero attached hydrogens (tertiary/aromatic N) is 4. The molecule has 6 amide bonds. The van der Waals surface area contributed by atoms with E-state index >= 15 is 0 Å². The highest BCUT2D eigenvalue weighted by atomic mass is 16.4. The molecule has 2 aliphatic heterocycles. The highest BCUT2D eigenvalue weighted by molar-refractivity contribution is 6.38. The van der Waals surface area contributed by atoms with Gasteiger partial charge >= 0.3 is 5.97 Å². The molecule has 3 atom stereocenters. The van der Waals surface area contributed by atoms with Crippen LogP contribution in [-0.2, 0) is 33.6 Å². The number of likely N-dealkylation sites (tertiary alicyclic amines) is 2. The fraction of sp³-hybridized carbons (Fsp3) is 0.556. The number of aliphatic carboxylic acids is 1. The van der Waals surface area contributed by atoms with Crippen LogP contribution in [0, 0.1) is 18.8 Å².